The second kappa shape index (κ2) is 5.94. The Morgan fingerprint density at radius 1 is 1.52 bits per heavy atom. The molecule has 0 spiro atoms. The number of primary amides is 1. The lowest BCUT2D eigenvalue weighted by Gasteiger charge is -2.27. The molecule has 3 atom stereocenters. The van der Waals surface area contributed by atoms with Gasteiger partial charge in [-0.05, 0) is 24.0 Å². The molecule has 6 heteroatoms. The van der Waals surface area contributed by atoms with Crippen molar-refractivity contribution < 1.29 is 14.6 Å². The monoisotopic (exact) mass is 317 g/mol. The van der Waals surface area contributed by atoms with E-state index in [1.54, 1.807) is 19.2 Å². The third-order valence-corrected chi connectivity index (χ3v) is 5.02. The largest absolute Gasteiger partial charge is 0.383 e. The van der Waals surface area contributed by atoms with E-state index in [-0.39, 0.29) is 6.04 Å². The van der Waals surface area contributed by atoms with E-state index in [1.807, 2.05) is 19.2 Å². The van der Waals surface area contributed by atoms with Crippen LogP contribution in [0.25, 0.3) is 0 Å². The van der Waals surface area contributed by atoms with Crippen LogP contribution < -0.4 is 5.73 Å². The normalized spacial score (nSPS) is 31.6. The van der Waals surface area contributed by atoms with Gasteiger partial charge in [-0.25, -0.2) is 0 Å². The SMILES string of the molecule is COC[C@H]1CCC(=NC2Cc3ccccc3[C@]2(O)C(N)=O)N1C. The summed E-state index contributed by atoms with van der Waals surface area (Å²) in [5, 5.41) is 11.0. The number of amidine groups is 1. The highest BCUT2D eigenvalue weighted by atomic mass is 16.5. The van der Waals surface area contributed by atoms with E-state index in [4.69, 9.17) is 15.5 Å². The summed E-state index contributed by atoms with van der Waals surface area (Å²) in [5.41, 5.74) is 5.30. The number of rotatable bonds is 4. The molecule has 1 saturated heterocycles. The smallest absolute Gasteiger partial charge is 0.256 e. The predicted molar refractivity (Wildman–Crippen MR) is 87.1 cm³/mol. The molecule has 1 aromatic rings. The Morgan fingerprint density at radius 2 is 2.26 bits per heavy atom. The van der Waals surface area contributed by atoms with Crippen LogP contribution in [0.15, 0.2) is 29.3 Å². The lowest BCUT2D eigenvalue weighted by Crippen LogP contribution is -2.48. The summed E-state index contributed by atoms with van der Waals surface area (Å²) in [7, 11) is 3.66. The molecule has 6 nitrogen and oxygen atoms in total. The summed E-state index contributed by atoms with van der Waals surface area (Å²) in [6.07, 6.45) is 2.28. The molecule has 124 valence electrons. The van der Waals surface area contributed by atoms with Gasteiger partial charge in [0.1, 0.15) is 0 Å². The number of nitrogens with zero attached hydrogens (tertiary/aromatic N) is 2. The Balaban J connectivity index is 1.92. The van der Waals surface area contributed by atoms with E-state index in [9.17, 15) is 9.90 Å². The lowest BCUT2D eigenvalue weighted by atomic mass is 9.92. The summed E-state index contributed by atoms with van der Waals surface area (Å²) in [4.78, 5) is 18.8. The number of ether oxygens (including phenoxy) is 1. The van der Waals surface area contributed by atoms with Crippen LogP contribution in [0.1, 0.15) is 24.0 Å². The van der Waals surface area contributed by atoms with E-state index in [0.717, 1.165) is 24.2 Å². The number of aliphatic imine (C=N–C) groups is 1. The molecule has 0 radical (unpaired) electrons. The molecule has 1 aromatic carbocycles. The summed E-state index contributed by atoms with van der Waals surface area (Å²) in [6.45, 7) is 0.639. The highest BCUT2D eigenvalue weighted by Gasteiger charge is 2.50. The fraction of sp³-hybridized carbons (Fsp3) is 0.529. The third kappa shape index (κ3) is 2.52. The van der Waals surface area contributed by atoms with Gasteiger partial charge in [0.25, 0.3) is 5.91 Å². The number of carbonyl (C=O) groups excluding carboxylic acids is 1. The van der Waals surface area contributed by atoms with Gasteiger partial charge in [-0.1, -0.05) is 24.3 Å². The Morgan fingerprint density at radius 3 is 2.96 bits per heavy atom. The van der Waals surface area contributed by atoms with Crippen LogP contribution in [0.2, 0.25) is 0 Å². The average Bonchev–Trinajstić information content (AvgIpc) is 3.02. The van der Waals surface area contributed by atoms with Gasteiger partial charge in [0, 0.05) is 20.6 Å². The predicted octanol–water partition coefficient (Wildman–Crippen LogP) is 0.423. The van der Waals surface area contributed by atoms with Crippen molar-refractivity contribution >= 4 is 11.7 Å². The average molecular weight is 317 g/mol. The molecule has 1 fully saturated rings. The minimum absolute atomic E-state index is 0.282. The Hall–Kier alpha value is -1.92. The van der Waals surface area contributed by atoms with E-state index in [0.29, 0.717) is 18.6 Å². The fourth-order valence-corrected chi connectivity index (χ4v) is 3.64. The van der Waals surface area contributed by atoms with Crippen molar-refractivity contribution in [3.63, 3.8) is 0 Å². The zero-order valence-electron chi connectivity index (χ0n) is 13.5. The summed E-state index contributed by atoms with van der Waals surface area (Å²) in [6, 6.07) is 7.08. The second-order valence-electron chi connectivity index (χ2n) is 6.31. The number of aliphatic hydroxyl groups is 1. The van der Waals surface area contributed by atoms with E-state index < -0.39 is 17.6 Å². The number of carbonyl (C=O) groups is 1. The van der Waals surface area contributed by atoms with Crippen molar-refractivity contribution in [1.82, 2.24) is 4.90 Å². The van der Waals surface area contributed by atoms with Crippen LogP contribution in [0.5, 0.6) is 0 Å². The zero-order valence-corrected chi connectivity index (χ0v) is 13.5. The molecular formula is C17H23N3O3. The van der Waals surface area contributed by atoms with Crippen molar-refractivity contribution in [2.24, 2.45) is 10.7 Å². The zero-order chi connectivity index (χ0) is 16.6. The van der Waals surface area contributed by atoms with Crippen molar-refractivity contribution in [3.05, 3.63) is 35.4 Å². The quantitative estimate of drug-likeness (QED) is 0.842. The van der Waals surface area contributed by atoms with Gasteiger partial charge in [0.05, 0.1) is 24.5 Å². The molecule has 1 aliphatic carbocycles. The number of amides is 1. The van der Waals surface area contributed by atoms with Gasteiger partial charge >= 0.3 is 0 Å². The van der Waals surface area contributed by atoms with Crippen LogP contribution in [-0.2, 0) is 21.6 Å². The highest BCUT2D eigenvalue weighted by Crippen LogP contribution is 2.39. The Labute approximate surface area is 135 Å². The Bertz CT molecular complexity index is 646. The van der Waals surface area contributed by atoms with E-state index in [2.05, 4.69) is 4.90 Å². The van der Waals surface area contributed by atoms with E-state index in [1.165, 1.54) is 0 Å². The van der Waals surface area contributed by atoms with Crippen molar-refractivity contribution in [2.75, 3.05) is 20.8 Å². The number of methoxy groups -OCH3 is 1. The third-order valence-electron chi connectivity index (χ3n) is 5.02. The first-order valence-corrected chi connectivity index (χ1v) is 7.87. The molecule has 23 heavy (non-hydrogen) atoms. The molecule has 0 aromatic heterocycles. The number of likely N-dealkylation sites (tertiary alicyclic amines) is 1. The molecule has 0 saturated carbocycles. The van der Waals surface area contributed by atoms with Gasteiger partial charge in [-0.3, -0.25) is 9.79 Å². The molecular weight excluding hydrogens is 294 g/mol. The lowest BCUT2D eigenvalue weighted by molar-refractivity contribution is -0.138. The topological polar surface area (TPSA) is 88.1 Å². The summed E-state index contributed by atoms with van der Waals surface area (Å²) in [5.74, 6) is 0.149. The van der Waals surface area contributed by atoms with Crippen LogP contribution in [-0.4, -0.2) is 54.6 Å². The van der Waals surface area contributed by atoms with Crippen LogP contribution >= 0.6 is 0 Å². The maximum absolute atomic E-state index is 12.0. The van der Waals surface area contributed by atoms with Gasteiger partial charge < -0.3 is 20.5 Å². The fourth-order valence-electron chi connectivity index (χ4n) is 3.64. The number of fused-ring (bicyclic) bond motifs is 1. The van der Waals surface area contributed by atoms with Gasteiger partial charge in [0.15, 0.2) is 5.60 Å². The number of likely N-dealkylation sites (N-methyl/N-ethyl adjacent to an activating group) is 1. The molecule has 0 bridgehead atoms. The van der Waals surface area contributed by atoms with E-state index >= 15 is 0 Å². The first-order valence-electron chi connectivity index (χ1n) is 7.87. The Kier molecular flexibility index (Phi) is 4.12. The van der Waals surface area contributed by atoms with Crippen molar-refractivity contribution in [2.45, 2.75) is 36.9 Å². The number of nitrogens with two attached hydrogens (primary N) is 1. The molecule has 1 aliphatic heterocycles. The maximum Gasteiger partial charge on any atom is 0.256 e. The minimum Gasteiger partial charge on any atom is -0.383 e. The molecule has 3 rings (SSSR count). The number of hydrogen-bond acceptors (Lipinski definition) is 4. The van der Waals surface area contributed by atoms with Crippen molar-refractivity contribution in [1.29, 1.82) is 0 Å². The highest BCUT2D eigenvalue weighted by molar-refractivity contribution is 5.89. The molecule has 1 amide bonds. The van der Waals surface area contributed by atoms with Crippen LogP contribution in [0.4, 0.5) is 0 Å². The van der Waals surface area contributed by atoms with Gasteiger partial charge in [-0.2, -0.15) is 0 Å². The number of hydrogen-bond donors (Lipinski definition) is 2. The van der Waals surface area contributed by atoms with Gasteiger partial charge in [0.2, 0.25) is 0 Å². The van der Waals surface area contributed by atoms with Crippen LogP contribution in [0, 0.1) is 0 Å². The minimum atomic E-state index is -1.73. The second-order valence-corrected chi connectivity index (χ2v) is 6.31. The first kappa shape index (κ1) is 16.0. The summed E-state index contributed by atoms with van der Waals surface area (Å²) < 4.78 is 5.22. The summed E-state index contributed by atoms with van der Waals surface area (Å²) >= 11 is 0. The van der Waals surface area contributed by atoms with Crippen molar-refractivity contribution in [3.8, 4) is 0 Å². The molecule has 3 N–H and O–H groups in total. The molecule has 1 heterocycles. The molecule has 1 unspecified atom stereocenters. The standard InChI is InChI=1S/C17H23N3O3/c1-20-12(10-23-2)7-8-15(20)19-14-9-11-5-3-4-6-13(11)17(14,22)16(18)21/h3-6,12,14,22H,7-10H2,1-2H3,(H2,18,21)/t12-,14?,17-/m1/s1. The van der Waals surface area contributed by atoms with Crippen LogP contribution in [0.3, 0.4) is 0 Å². The molecule has 2 aliphatic rings. The van der Waals surface area contributed by atoms with Gasteiger partial charge in [-0.15, -0.1) is 0 Å². The maximum atomic E-state index is 12.0. The first-order chi connectivity index (χ1) is 11.0. The number of benzene rings is 1.